The van der Waals surface area contributed by atoms with E-state index in [0.29, 0.717) is 21.9 Å². The third-order valence-electron chi connectivity index (χ3n) is 2.48. The van der Waals surface area contributed by atoms with Crippen molar-refractivity contribution in [2.45, 2.75) is 12.7 Å². The molecular formula is C12H9ClF3N3OS. The molecule has 2 rings (SSSR count). The van der Waals surface area contributed by atoms with Gasteiger partial charge in [-0.05, 0) is 17.7 Å². The van der Waals surface area contributed by atoms with Crippen molar-refractivity contribution in [3.05, 3.63) is 45.4 Å². The van der Waals surface area contributed by atoms with Crippen LogP contribution < -0.4 is 11.1 Å². The van der Waals surface area contributed by atoms with Gasteiger partial charge in [0.1, 0.15) is 4.88 Å². The minimum absolute atomic E-state index is 0.0745. The molecule has 0 radical (unpaired) electrons. The maximum Gasteiger partial charge on any atom is 0.435 e. The van der Waals surface area contributed by atoms with Crippen LogP contribution in [0.3, 0.4) is 0 Å². The number of hydrogen-bond donors (Lipinski definition) is 2. The molecule has 0 aliphatic heterocycles. The lowest BCUT2D eigenvalue weighted by molar-refractivity contribution is -0.141. The van der Waals surface area contributed by atoms with E-state index in [-0.39, 0.29) is 11.7 Å². The van der Waals surface area contributed by atoms with Crippen LogP contribution in [0.4, 0.5) is 18.3 Å². The summed E-state index contributed by atoms with van der Waals surface area (Å²) in [6.07, 6.45) is -4.72. The monoisotopic (exact) mass is 335 g/mol. The number of amides is 1. The third kappa shape index (κ3) is 3.85. The lowest BCUT2D eigenvalue weighted by Gasteiger charge is -2.07. The molecule has 0 aliphatic carbocycles. The molecule has 4 nitrogen and oxygen atoms in total. The fourth-order valence-electron chi connectivity index (χ4n) is 1.55. The van der Waals surface area contributed by atoms with Crippen LogP contribution in [0.15, 0.2) is 24.3 Å². The standard InChI is InChI=1S/C12H9ClF3N3OS/c13-7-3-1-6(2-4-7)5-18-10(20)8-9(12(14,15)16)19-11(17)21-8/h1-4H,5H2,(H2,17,19)(H,18,20). The number of benzene rings is 1. The highest BCUT2D eigenvalue weighted by molar-refractivity contribution is 7.17. The van der Waals surface area contributed by atoms with Gasteiger partial charge in [0, 0.05) is 11.6 Å². The zero-order valence-electron chi connectivity index (χ0n) is 10.4. The average molecular weight is 336 g/mol. The van der Waals surface area contributed by atoms with Crippen molar-refractivity contribution in [2.24, 2.45) is 0 Å². The molecule has 0 atom stereocenters. The van der Waals surface area contributed by atoms with Crippen LogP contribution in [0.2, 0.25) is 5.02 Å². The Labute approximate surface area is 126 Å². The molecule has 0 unspecified atom stereocenters. The Morgan fingerprint density at radius 2 is 1.95 bits per heavy atom. The Morgan fingerprint density at radius 3 is 2.52 bits per heavy atom. The summed E-state index contributed by atoms with van der Waals surface area (Å²) in [5.41, 5.74) is 4.69. The van der Waals surface area contributed by atoms with Gasteiger partial charge in [0.15, 0.2) is 10.8 Å². The second-order valence-electron chi connectivity index (χ2n) is 4.04. The van der Waals surface area contributed by atoms with E-state index in [1.807, 2.05) is 0 Å². The molecular weight excluding hydrogens is 327 g/mol. The number of anilines is 1. The third-order valence-corrected chi connectivity index (χ3v) is 3.62. The van der Waals surface area contributed by atoms with Crippen molar-refractivity contribution < 1.29 is 18.0 Å². The molecule has 2 aromatic rings. The summed E-state index contributed by atoms with van der Waals surface area (Å²) in [7, 11) is 0. The Bertz CT molecular complexity index is 655. The predicted molar refractivity (Wildman–Crippen MR) is 74.2 cm³/mol. The van der Waals surface area contributed by atoms with E-state index in [2.05, 4.69) is 10.3 Å². The van der Waals surface area contributed by atoms with Crippen LogP contribution in [0.5, 0.6) is 0 Å². The molecule has 1 heterocycles. The fraction of sp³-hybridized carbons (Fsp3) is 0.167. The van der Waals surface area contributed by atoms with Gasteiger partial charge in [-0.15, -0.1) is 0 Å². The quantitative estimate of drug-likeness (QED) is 0.904. The lowest BCUT2D eigenvalue weighted by atomic mass is 10.2. The van der Waals surface area contributed by atoms with Crippen molar-refractivity contribution in [2.75, 3.05) is 5.73 Å². The topological polar surface area (TPSA) is 68.0 Å². The molecule has 112 valence electrons. The molecule has 0 aliphatic rings. The number of halogens is 4. The average Bonchev–Trinajstić information content (AvgIpc) is 2.80. The van der Waals surface area contributed by atoms with E-state index in [0.717, 1.165) is 0 Å². The second kappa shape index (κ2) is 5.90. The van der Waals surface area contributed by atoms with Crippen molar-refractivity contribution in [3.63, 3.8) is 0 Å². The number of nitrogens with zero attached hydrogens (tertiary/aromatic N) is 1. The fourth-order valence-corrected chi connectivity index (χ4v) is 2.44. The van der Waals surface area contributed by atoms with E-state index in [1.54, 1.807) is 24.3 Å². The van der Waals surface area contributed by atoms with Gasteiger partial charge in [-0.1, -0.05) is 35.1 Å². The van der Waals surface area contributed by atoms with E-state index in [1.165, 1.54) is 0 Å². The Kier molecular flexibility index (Phi) is 4.38. The number of nitrogens with one attached hydrogen (secondary N) is 1. The maximum atomic E-state index is 12.7. The van der Waals surface area contributed by atoms with Crippen LogP contribution in [0, 0.1) is 0 Å². The highest BCUT2D eigenvalue weighted by Gasteiger charge is 2.39. The lowest BCUT2D eigenvalue weighted by Crippen LogP contribution is -2.24. The number of carbonyl (C=O) groups is 1. The van der Waals surface area contributed by atoms with Gasteiger partial charge in [0.2, 0.25) is 0 Å². The zero-order chi connectivity index (χ0) is 15.6. The summed E-state index contributed by atoms with van der Waals surface area (Å²) in [6, 6.07) is 6.56. The van der Waals surface area contributed by atoms with E-state index in [4.69, 9.17) is 17.3 Å². The molecule has 0 saturated carbocycles. The Balaban J connectivity index is 2.12. The smallest absolute Gasteiger partial charge is 0.375 e. The summed E-state index contributed by atoms with van der Waals surface area (Å²) in [6.45, 7) is 0.0745. The molecule has 3 N–H and O–H groups in total. The van der Waals surface area contributed by atoms with Crippen LogP contribution >= 0.6 is 22.9 Å². The van der Waals surface area contributed by atoms with Crippen molar-refractivity contribution in [1.82, 2.24) is 10.3 Å². The van der Waals surface area contributed by atoms with Crippen molar-refractivity contribution >= 4 is 34.0 Å². The maximum absolute atomic E-state index is 12.7. The number of hydrogen-bond acceptors (Lipinski definition) is 4. The van der Waals surface area contributed by atoms with E-state index in [9.17, 15) is 18.0 Å². The first-order chi connectivity index (χ1) is 9.77. The highest BCUT2D eigenvalue weighted by Crippen LogP contribution is 2.35. The molecule has 0 fully saturated rings. The van der Waals surface area contributed by atoms with Gasteiger partial charge in [-0.2, -0.15) is 13.2 Å². The number of nitrogen functional groups attached to an aromatic ring is 1. The second-order valence-corrected chi connectivity index (χ2v) is 5.50. The van der Waals surface area contributed by atoms with Crippen LogP contribution in [-0.4, -0.2) is 10.9 Å². The largest absolute Gasteiger partial charge is 0.435 e. The molecule has 0 saturated heterocycles. The molecule has 1 aromatic heterocycles. The van der Waals surface area contributed by atoms with Crippen LogP contribution in [0.25, 0.3) is 0 Å². The summed E-state index contributed by atoms with van der Waals surface area (Å²) in [5, 5.41) is 2.61. The molecule has 0 spiro atoms. The molecule has 21 heavy (non-hydrogen) atoms. The number of alkyl halides is 3. The SMILES string of the molecule is Nc1nc(C(F)(F)F)c(C(=O)NCc2ccc(Cl)cc2)s1. The van der Waals surface area contributed by atoms with Gasteiger partial charge in [0.25, 0.3) is 5.91 Å². The number of carbonyl (C=O) groups excluding carboxylic acids is 1. The first kappa shape index (κ1) is 15.6. The predicted octanol–water partition coefficient (Wildman–Crippen LogP) is 3.33. The van der Waals surface area contributed by atoms with Gasteiger partial charge in [-0.3, -0.25) is 4.79 Å². The van der Waals surface area contributed by atoms with Crippen LogP contribution in [0.1, 0.15) is 20.9 Å². The molecule has 1 aromatic carbocycles. The van der Waals surface area contributed by atoms with E-state index < -0.39 is 22.7 Å². The normalized spacial score (nSPS) is 11.4. The van der Waals surface area contributed by atoms with Crippen LogP contribution in [-0.2, 0) is 12.7 Å². The first-order valence-electron chi connectivity index (χ1n) is 5.63. The molecule has 9 heteroatoms. The van der Waals surface area contributed by atoms with Gasteiger partial charge >= 0.3 is 6.18 Å². The molecule has 1 amide bonds. The Morgan fingerprint density at radius 1 is 1.33 bits per heavy atom. The van der Waals surface area contributed by atoms with Gasteiger partial charge in [0.05, 0.1) is 0 Å². The number of thiazole rings is 1. The summed E-state index contributed by atoms with van der Waals surface area (Å²) in [5.74, 6) is -0.869. The number of nitrogens with two attached hydrogens (primary N) is 1. The number of aromatic nitrogens is 1. The van der Waals surface area contributed by atoms with Gasteiger partial charge in [-0.25, -0.2) is 4.98 Å². The van der Waals surface area contributed by atoms with E-state index >= 15 is 0 Å². The minimum Gasteiger partial charge on any atom is -0.375 e. The minimum atomic E-state index is -4.72. The highest BCUT2D eigenvalue weighted by atomic mass is 35.5. The summed E-state index contributed by atoms with van der Waals surface area (Å²) < 4.78 is 38.2. The van der Waals surface area contributed by atoms with Gasteiger partial charge < -0.3 is 11.1 Å². The van der Waals surface area contributed by atoms with Crippen molar-refractivity contribution in [3.8, 4) is 0 Å². The zero-order valence-corrected chi connectivity index (χ0v) is 11.9. The van der Waals surface area contributed by atoms with Crippen molar-refractivity contribution in [1.29, 1.82) is 0 Å². The summed E-state index contributed by atoms with van der Waals surface area (Å²) in [4.78, 5) is 14.5. The first-order valence-corrected chi connectivity index (χ1v) is 6.83. The Hall–Kier alpha value is -1.80. The number of rotatable bonds is 3. The summed E-state index contributed by atoms with van der Waals surface area (Å²) >= 11 is 6.21. The molecule has 0 bridgehead atoms.